The molecule has 0 fully saturated rings. The highest BCUT2D eigenvalue weighted by atomic mass is 16.6. The van der Waals surface area contributed by atoms with E-state index < -0.39 is 4.92 Å². The molecule has 5 heteroatoms. The first-order chi connectivity index (χ1) is 5.11. The minimum atomic E-state index is -0.519. The van der Waals surface area contributed by atoms with E-state index in [4.69, 9.17) is 0 Å². The average Bonchev–Trinajstić information content (AvgIpc) is 1.85. The standard InChI is InChI=1S/C6H6N2O3/c1-5-4-7(9)3-2-6(5)8(10)11/h2-4H,1H3. The fourth-order valence-corrected chi connectivity index (χ4v) is 0.780. The highest BCUT2D eigenvalue weighted by Gasteiger charge is 2.11. The average molecular weight is 154 g/mol. The maximum atomic E-state index is 10.6. The summed E-state index contributed by atoms with van der Waals surface area (Å²) in [5, 5.41) is 20.8. The number of pyridine rings is 1. The molecule has 0 radical (unpaired) electrons. The molecule has 0 bridgehead atoms. The van der Waals surface area contributed by atoms with Crippen LogP contribution in [0.1, 0.15) is 5.56 Å². The van der Waals surface area contributed by atoms with Crippen molar-refractivity contribution in [2.45, 2.75) is 6.92 Å². The molecule has 0 saturated carbocycles. The second-order valence-corrected chi connectivity index (χ2v) is 2.13. The second kappa shape index (κ2) is 2.53. The lowest BCUT2D eigenvalue weighted by Crippen LogP contribution is -2.24. The summed E-state index contributed by atoms with van der Waals surface area (Å²) in [6.45, 7) is 1.52. The fraction of sp³-hybridized carbons (Fsp3) is 0.167. The van der Waals surface area contributed by atoms with Crippen LogP contribution in [0.25, 0.3) is 0 Å². The topological polar surface area (TPSA) is 70.1 Å². The molecule has 0 aliphatic rings. The Bertz CT molecular complexity index is 298. The molecule has 0 aromatic carbocycles. The quantitative estimate of drug-likeness (QED) is 0.256. The number of rotatable bonds is 1. The molecule has 1 heterocycles. The summed E-state index contributed by atoms with van der Waals surface area (Å²) < 4.78 is 0.530. The summed E-state index contributed by atoms with van der Waals surface area (Å²) in [5.41, 5.74) is 0.338. The van der Waals surface area contributed by atoms with Gasteiger partial charge in [0.2, 0.25) is 0 Å². The van der Waals surface area contributed by atoms with E-state index in [1.165, 1.54) is 13.0 Å². The molecule has 5 nitrogen and oxygen atoms in total. The molecular formula is C6H6N2O3. The molecule has 0 unspecified atom stereocenters. The van der Waals surface area contributed by atoms with E-state index >= 15 is 0 Å². The van der Waals surface area contributed by atoms with E-state index in [0.29, 0.717) is 10.3 Å². The van der Waals surface area contributed by atoms with Gasteiger partial charge < -0.3 is 5.21 Å². The van der Waals surface area contributed by atoms with Gasteiger partial charge in [0.05, 0.1) is 16.6 Å². The number of nitrogens with zero attached hydrogens (tertiary/aromatic N) is 2. The smallest absolute Gasteiger partial charge is 0.284 e. The van der Waals surface area contributed by atoms with Gasteiger partial charge >= 0.3 is 0 Å². The van der Waals surface area contributed by atoms with Gasteiger partial charge in [-0.25, -0.2) is 0 Å². The highest BCUT2D eigenvalue weighted by molar-refractivity contribution is 5.34. The van der Waals surface area contributed by atoms with Gasteiger partial charge in [0, 0.05) is 0 Å². The Morgan fingerprint density at radius 3 is 2.73 bits per heavy atom. The number of hydrogen-bond donors (Lipinski definition) is 0. The van der Waals surface area contributed by atoms with Crippen molar-refractivity contribution in [3.05, 3.63) is 39.3 Å². The molecular weight excluding hydrogens is 148 g/mol. The van der Waals surface area contributed by atoms with Crippen LogP contribution in [-0.2, 0) is 0 Å². The van der Waals surface area contributed by atoms with Crippen molar-refractivity contribution >= 4 is 5.69 Å². The van der Waals surface area contributed by atoms with E-state index in [1.54, 1.807) is 0 Å². The first-order valence-electron chi connectivity index (χ1n) is 2.95. The number of hydrogen-bond acceptors (Lipinski definition) is 3. The first-order valence-corrected chi connectivity index (χ1v) is 2.95. The lowest BCUT2D eigenvalue weighted by molar-refractivity contribution is -0.606. The van der Waals surface area contributed by atoms with Gasteiger partial charge in [-0.15, -0.1) is 0 Å². The first kappa shape index (κ1) is 7.46. The van der Waals surface area contributed by atoms with Crippen LogP contribution in [0.5, 0.6) is 0 Å². The summed E-state index contributed by atoms with van der Waals surface area (Å²) in [5.74, 6) is 0. The van der Waals surface area contributed by atoms with Crippen LogP contribution in [0.3, 0.4) is 0 Å². The molecule has 0 saturated heterocycles. The van der Waals surface area contributed by atoms with E-state index in [0.717, 1.165) is 12.4 Å². The number of nitro groups is 1. The third-order valence-corrected chi connectivity index (χ3v) is 1.30. The van der Waals surface area contributed by atoms with E-state index in [2.05, 4.69) is 0 Å². The van der Waals surface area contributed by atoms with Crippen molar-refractivity contribution in [2.75, 3.05) is 0 Å². The lowest BCUT2D eigenvalue weighted by Gasteiger charge is -1.96. The van der Waals surface area contributed by atoms with Gasteiger partial charge in [-0.2, -0.15) is 4.73 Å². The summed E-state index contributed by atoms with van der Waals surface area (Å²) in [7, 11) is 0. The van der Waals surface area contributed by atoms with Crippen molar-refractivity contribution in [1.29, 1.82) is 0 Å². The van der Waals surface area contributed by atoms with Gasteiger partial charge in [-0.3, -0.25) is 10.1 Å². The largest absolute Gasteiger partial charge is 0.619 e. The van der Waals surface area contributed by atoms with Crippen molar-refractivity contribution < 1.29 is 9.65 Å². The monoisotopic (exact) mass is 154 g/mol. The van der Waals surface area contributed by atoms with Crippen LogP contribution in [0.4, 0.5) is 5.69 Å². The van der Waals surface area contributed by atoms with Crippen LogP contribution in [-0.4, -0.2) is 4.92 Å². The molecule has 1 aromatic rings. The predicted molar refractivity (Wildman–Crippen MR) is 36.8 cm³/mol. The molecule has 58 valence electrons. The third-order valence-electron chi connectivity index (χ3n) is 1.30. The van der Waals surface area contributed by atoms with Gasteiger partial charge in [-0.05, 0) is 6.92 Å². The third kappa shape index (κ3) is 1.43. The predicted octanol–water partition coefficient (Wildman–Crippen LogP) is 0.537. The van der Waals surface area contributed by atoms with E-state index in [1.807, 2.05) is 0 Å². The van der Waals surface area contributed by atoms with E-state index in [-0.39, 0.29) is 5.69 Å². The van der Waals surface area contributed by atoms with Crippen molar-refractivity contribution in [3.63, 3.8) is 0 Å². The molecule has 11 heavy (non-hydrogen) atoms. The molecule has 1 rings (SSSR count). The molecule has 0 amide bonds. The minimum absolute atomic E-state index is 0.0305. The Hall–Kier alpha value is -1.65. The van der Waals surface area contributed by atoms with Gasteiger partial charge in [0.25, 0.3) is 5.69 Å². The Morgan fingerprint density at radius 2 is 2.27 bits per heavy atom. The highest BCUT2D eigenvalue weighted by Crippen LogP contribution is 2.12. The number of aromatic nitrogens is 1. The SMILES string of the molecule is Cc1c[n+]([O-])ccc1[N+](=O)[O-]. The summed E-state index contributed by atoms with van der Waals surface area (Å²) in [6.07, 6.45) is 2.27. The molecule has 0 atom stereocenters. The maximum absolute atomic E-state index is 10.6. The molecule has 1 aromatic heterocycles. The summed E-state index contributed by atoms with van der Waals surface area (Å²) in [4.78, 5) is 9.71. The summed E-state index contributed by atoms with van der Waals surface area (Å²) in [6, 6.07) is 1.18. The van der Waals surface area contributed by atoms with Gasteiger partial charge in [-0.1, -0.05) is 0 Å². The Morgan fingerprint density at radius 1 is 1.64 bits per heavy atom. The Labute approximate surface area is 62.6 Å². The Kier molecular flexibility index (Phi) is 1.72. The normalized spacial score (nSPS) is 9.55. The zero-order valence-electron chi connectivity index (χ0n) is 5.85. The fourth-order valence-electron chi connectivity index (χ4n) is 0.780. The summed E-state index contributed by atoms with van der Waals surface area (Å²) >= 11 is 0. The second-order valence-electron chi connectivity index (χ2n) is 2.13. The minimum Gasteiger partial charge on any atom is -0.619 e. The molecule has 0 aliphatic carbocycles. The van der Waals surface area contributed by atoms with Crippen LogP contribution in [0.2, 0.25) is 0 Å². The van der Waals surface area contributed by atoms with Crippen LogP contribution in [0.15, 0.2) is 18.5 Å². The van der Waals surface area contributed by atoms with Crippen molar-refractivity contribution in [3.8, 4) is 0 Å². The molecule has 0 N–H and O–H groups in total. The van der Waals surface area contributed by atoms with Crippen LogP contribution in [0, 0.1) is 22.2 Å². The number of aryl methyl sites for hydroxylation is 1. The van der Waals surface area contributed by atoms with E-state index in [9.17, 15) is 15.3 Å². The Balaban J connectivity index is 3.20. The van der Waals surface area contributed by atoms with Crippen molar-refractivity contribution in [2.24, 2.45) is 0 Å². The molecule has 0 aliphatic heterocycles. The molecule has 0 spiro atoms. The van der Waals surface area contributed by atoms with Crippen LogP contribution >= 0.6 is 0 Å². The maximum Gasteiger partial charge on any atom is 0.284 e. The van der Waals surface area contributed by atoms with Crippen molar-refractivity contribution in [1.82, 2.24) is 0 Å². The zero-order valence-corrected chi connectivity index (χ0v) is 5.85. The van der Waals surface area contributed by atoms with Crippen LogP contribution < -0.4 is 4.73 Å². The zero-order chi connectivity index (χ0) is 8.43. The van der Waals surface area contributed by atoms with Gasteiger partial charge in [0.15, 0.2) is 12.4 Å². The lowest BCUT2D eigenvalue weighted by atomic mass is 10.3. The van der Waals surface area contributed by atoms with Gasteiger partial charge in [0.1, 0.15) is 0 Å².